The Labute approximate surface area is 95.7 Å². The van der Waals surface area contributed by atoms with Crippen LogP contribution in [0.2, 0.25) is 0 Å². The van der Waals surface area contributed by atoms with Crippen LogP contribution in [-0.4, -0.2) is 23.7 Å². The molecule has 1 amide bonds. The summed E-state index contributed by atoms with van der Waals surface area (Å²) in [5.74, 6) is 0.939. The predicted molar refractivity (Wildman–Crippen MR) is 61.2 cm³/mol. The number of aryl methyl sites for hydroxylation is 1. The lowest BCUT2D eigenvalue weighted by molar-refractivity contribution is 0.0907. The molecule has 90 valence electrons. The summed E-state index contributed by atoms with van der Waals surface area (Å²) < 4.78 is 5.06. The van der Waals surface area contributed by atoms with Crippen LogP contribution >= 0.6 is 0 Å². The maximum Gasteiger partial charge on any atom is 0.254 e. The van der Waals surface area contributed by atoms with Crippen LogP contribution in [0, 0.1) is 12.8 Å². The molecule has 1 aromatic heterocycles. The molecule has 1 aromatic rings. The molecule has 1 atom stereocenters. The van der Waals surface area contributed by atoms with E-state index in [1.54, 1.807) is 13.0 Å². The predicted octanol–water partition coefficient (Wildman–Crippen LogP) is 1.72. The Morgan fingerprint density at radius 2 is 2.25 bits per heavy atom. The number of carbonyl (C=O) groups is 1. The van der Waals surface area contributed by atoms with Gasteiger partial charge in [-0.2, -0.15) is 0 Å². The lowest BCUT2D eigenvalue weighted by atomic mass is 10.0. The van der Waals surface area contributed by atoms with Gasteiger partial charge in [-0.15, -0.1) is 0 Å². The number of carbonyl (C=O) groups excluding carboxylic acids is 1. The van der Waals surface area contributed by atoms with Gasteiger partial charge < -0.3 is 14.8 Å². The first kappa shape index (κ1) is 12.8. The maximum absolute atomic E-state index is 11.7. The first-order valence-corrected chi connectivity index (χ1v) is 5.49. The first-order chi connectivity index (χ1) is 7.52. The first-order valence-electron chi connectivity index (χ1n) is 5.49. The number of aliphatic hydroxyl groups is 1. The van der Waals surface area contributed by atoms with Crippen molar-refractivity contribution in [2.45, 2.75) is 33.2 Å². The topological polar surface area (TPSA) is 62.5 Å². The molecule has 0 fully saturated rings. The van der Waals surface area contributed by atoms with Crippen molar-refractivity contribution in [1.82, 2.24) is 5.32 Å². The third-order valence-electron chi connectivity index (χ3n) is 2.30. The van der Waals surface area contributed by atoms with Crippen LogP contribution in [0.25, 0.3) is 0 Å². The van der Waals surface area contributed by atoms with E-state index in [0.29, 0.717) is 17.2 Å². The van der Waals surface area contributed by atoms with Crippen molar-refractivity contribution in [2.75, 3.05) is 6.61 Å². The van der Waals surface area contributed by atoms with Gasteiger partial charge in [0.1, 0.15) is 12.0 Å². The molecule has 0 aromatic carbocycles. The number of hydrogen-bond donors (Lipinski definition) is 2. The fraction of sp³-hybridized carbons (Fsp3) is 0.583. The summed E-state index contributed by atoms with van der Waals surface area (Å²) in [6.07, 6.45) is 2.19. The molecule has 0 bridgehead atoms. The molecule has 4 heteroatoms. The van der Waals surface area contributed by atoms with Crippen molar-refractivity contribution in [1.29, 1.82) is 0 Å². The van der Waals surface area contributed by atoms with Crippen LogP contribution in [0.1, 0.15) is 36.4 Å². The zero-order valence-corrected chi connectivity index (χ0v) is 9.99. The van der Waals surface area contributed by atoms with Crippen LogP contribution < -0.4 is 5.32 Å². The molecular weight excluding hydrogens is 206 g/mol. The maximum atomic E-state index is 11.7. The minimum atomic E-state index is -0.198. The molecule has 0 aliphatic rings. The zero-order valence-electron chi connectivity index (χ0n) is 9.99. The highest BCUT2D eigenvalue weighted by Crippen LogP contribution is 2.08. The Hall–Kier alpha value is -1.29. The third-order valence-corrected chi connectivity index (χ3v) is 2.30. The van der Waals surface area contributed by atoms with Crippen LogP contribution in [0.3, 0.4) is 0 Å². The van der Waals surface area contributed by atoms with Gasteiger partial charge in [0.05, 0.1) is 18.2 Å². The van der Waals surface area contributed by atoms with Crippen molar-refractivity contribution in [3.8, 4) is 0 Å². The number of furan rings is 1. The van der Waals surface area contributed by atoms with E-state index in [1.165, 1.54) is 6.26 Å². The lowest BCUT2D eigenvalue weighted by Gasteiger charge is -2.17. The summed E-state index contributed by atoms with van der Waals surface area (Å²) in [6.45, 7) is 5.85. The number of amides is 1. The average Bonchev–Trinajstić information content (AvgIpc) is 2.63. The Balaban J connectivity index is 2.55. The summed E-state index contributed by atoms with van der Waals surface area (Å²) >= 11 is 0. The minimum absolute atomic E-state index is 0.0409. The van der Waals surface area contributed by atoms with Gasteiger partial charge in [-0.3, -0.25) is 4.79 Å². The second-order valence-corrected chi connectivity index (χ2v) is 4.43. The van der Waals surface area contributed by atoms with Crippen LogP contribution in [0.4, 0.5) is 0 Å². The molecule has 1 heterocycles. The van der Waals surface area contributed by atoms with Crippen LogP contribution in [-0.2, 0) is 0 Å². The molecule has 0 saturated heterocycles. The molecule has 16 heavy (non-hydrogen) atoms. The van der Waals surface area contributed by atoms with Crippen molar-refractivity contribution >= 4 is 5.91 Å². The molecule has 2 N–H and O–H groups in total. The standard InChI is InChI=1S/C12H19NO3/c1-8(2)4-11(6-14)13-12(15)10-5-9(3)16-7-10/h5,7-8,11,14H,4,6H2,1-3H3,(H,13,15). The Morgan fingerprint density at radius 3 is 2.69 bits per heavy atom. The molecule has 0 radical (unpaired) electrons. The normalized spacial score (nSPS) is 12.8. The van der Waals surface area contributed by atoms with Gasteiger partial charge in [0, 0.05) is 0 Å². The molecular formula is C12H19NO3. The SMILES string of the molecule is Cc1cc(C(=O)NC(CO)CC(C)C)co1. The van der Waals surface area contributed by atoms with E-state index in [-0.39, 0.29) is 18.6 Å². The number of aliphatic hydroxyl groups excluding tert-OH is 1. The molecule has 4 nitrogen and oxygen atoms in total. The quantitative estimate of drug-likeness (QED) is 0.802. The fourth-order valence-corrected chi connectivity index (χ4v) is 1.58. The van der Waals surface area contributed by atoms with E-state index in [2.05, 4.69) is 19.2 Å². The van der Waals surface area contributed by atoms with Gasteiger partial charge >= 0.3 is 0 Å². The van der Waals surface area contributed by atoms with E-state index >= 15 is 0 Å². The number of nitrogens with one attached hydrogen (secondary N) is 1. The van der Waals surface area contributed by atoms with E-state index in [9.17, 15) is 4.79 Å². The highest BCUT2D eigenvalue weighted by atomic mass is 16.3. The van der Waals surface area contributed by atoms with E-state index in [0.717, 1.165) is 6.42 Å². The van der Waals surface area contributed by atoms with Crippen molar-refractivity contribution in [3.63, 3.8) is 0 Å². The van der Waals surface area contributed by atoms with Crippen molar-refractivity contribution in [3.05, 3.63) is 23.7 Å². The van der Waals surface area contributed by atoms with E-state index in [4.69, 9.17) is 9.52 Å². The van der Waals surface area contributed by atoms with E-state index in [1.807, 2.05) is 0 Å². The third kappa shape index (κ3) is 3.70. The Bertz CT molecular complexity index is 344. The zero-order chi connectivity index (χ0) is 12.1. The highest BCUT2D eigenvalue weighted by Gasteiger charge is 2.15. The van der Waals surface area contributed by atoms with Gasteiger partial charge in [-0.05, 0) is 25.3 Å². The fourth-order valence-electron chi connectivity index (χ4n) is 1.58. The molecule has 0 aliphatic carbocycles. The molecule has 1 rings (SSSR count). The molecule has 0 saturated carbocycles. The number of rotatable bonds is 5. The summed E-state index contributed by atoms with van der Waals surface area (Å²) in [5, 5.41) is 11.9. The summed E-state index contributed by atoms with van der Waals surface area (Å²) in [5.41, 5.74) is 0.500. The van der Waals surface area contributed by atoms with Crippen LogP contribution in [0.15, 0.2) is 16.7 Å². The molecule has 1 unspecified atom stereocenters. The van der Waals surface area contributed by atoms with Crippen molar-refractivity contribution < 1.29 is 14.3 Å². The second kappa shape index (κ2) is 5.70. The number of hydrogen-bond acceptors (Lipinski definition) is 3. The van der Waals surface area contributed by atoms with Gasteiger partial charge in [0.25, 0.3) is 5.91 Å². The molecule has 0 spiro atoms. The van der Waals surface area contributed by atoms with Crippen molar-refractivity contribution in [2.24, 2.45) is 5.92 Å². The van der Waals surface area contributed by atoms with E-state index < -0.39 is 0 Å². The highest BCUT2D eigenvalue weighted by molar-refractivity contribution is 5.94. The van der Waals surface area contributed by atoms with Gasteiger partial charge in [0.2, 0.25) is 0 Å². The van der Waals surface area contributed by atoms with Crippen LogP contribution in [0.5, 0.6) is 0 Å². The largest absolute Gasteiger partial charge is 0.469 e. The summed E-state index contributed by atoms with van der Waals surface area (Å²) in [7, 11) is 0. The Morgan fingerprint density at radius 1 is 1.56 bits per heavy atom. The lowest BCUT2D eigenvalue weighted by Crippen LogP contribution is -2.38. The summed E-state index contributed by atoms with van der Waals surface area (Å²) in [6, 6.07) is 1.49. The Kier molecular flexibility index (Phi) is 4.55. The summed E-state index contributed by atoms with van der Waals surface area (Å²) in [4.78, 5) is 11.7. The average molecular weight is 225 g/mol. The van der Waals surface area contributed by atoms with Gasteiger partial charge in [-0.1, -0.05) is 13.8 Å². The monoisotopic (exact) mass is 225 g/mol. The smallest absolute Gasteiger partial charge is 0.254 e. The van der Waals surface area contributed by atoms with Gasteiger partial charge in [0.15, 0.2) is 0 Å². The second-order valence-electron chi connectivity index (χ2n) is 4.43. The molecule has 0 aliphatic heterocycles. The minimum Gasteiger partial charge on any atom is -0.469 e. The van der Waals surface area contributed by atoms with Gasteiger partial charge in [-0.25, -0.2) is 0 Å².